The van der Waals surface area contributed by atoms with Gasteiger partial charge in [0, 0.05) is 31.1 Å². The van der Waals surface area contributed by atoms with Crippen molar-refractivity contribution >= 4 is 36.0 Å². The Morgan fingerprint density at radius 2 is 1.84 bits per heavy atom. The molecular formula is C18H26ClN3O2S. The Kier molecular flexibility index (Phi) is 7.59. The van der Waals surface area contributed by atoms with Gasteiger partial charge in [0.1, 0.15) is 0 Å². The molecule has 5 nitrogen and oxygen atoms in total. The summed E-state index contributed by atoms with van der Waals surface area (Å²) in [7, 11) is 0. The smallest absolute Gasteiger partial charge is 0.254 e. The third kappa shape index (κ3) is 4.90. The van der Waals surface area contributed by atoms with Crippen molar-refractivity contribution in [2.75, 3.05) is 38.5 Å². The van der Waals surface area contributed by atoms with Crippen LogP contribution in [0.5, 0.6) is 0 Å². The minimum Gasteiger partial charge on any atom is -0.342 e. The maximum atomic E-state index is 12.8. The van der Waals surface area contributed by atoms with E-state index in [1.807, 2.05) is 34.1 Å². The lowest BCUT2D eigenvalue weighted by atomic mass is 10.1. The van der Waals surface area contributed by atoms with E-state index in [4.69, 9.17) is 5.73 Å². The van der Waals surface area contributed by atoms with E-state index in [0.29, 0.717) is 23.8 Å². The molecule has 0 bridgehead atoms. The van der Waals surface area contributed by atoms with E-state index >= 15 is 0 Å². The normalized spacial score (nSPS) is 19.8. The molecule has 1 atom stereocenters. The van der Waals surface area contributed by atoms with Crippen LogP contribution in [0.2, 0.25) is 0 Å². The van der Waals surface area contributed by atoms with E-state index in [0.717, 1.165) is 50.3 Å². The SMILES string of the molecule is Cl.NCC1CCN(C(=O)c2ccccc2SCC(=O)N2CCCC2)C1. The number of hydrogen-bond donors (Lipinski definition) is 1. The van der Waals surface area contributed by atoms with Crippen LogP contribution in [0, 0.1) is 5.92 Å². The molecular weight excluding hydrogens is 358 g/mol. The topological polar surface area (TPSA) is 66.6 Å². The first-order chi connectivity index (χ1) is 11.7. The number of nitrogens with two attached hydrogens (primary N) is 1. The van der Waals surface area contributed by atoms with Crippen LogP contribution in [0.15, 0.2) is 29.2 Å². The highest BCUT2D eigenvalue weighted by Gasteiger charge is 2.27. The van der Waals surface area contributed by atoms with Crippen molar-refractivity contribution in [3.05, 3.63) is 29.8 Å². The largest absolute Gasteiger partial charge is 0.342 e. The minimum absolute atomic E-state index is 0. The fourth-order valence-corrected chi connectivity index (χ4v) is 4.29. The van der Waals surface area contributed by atoms with Gasteiger partial charge in [-0.3, -0.25) is 9.59 Å². The molecule has 0 spiro atoms. The Morgan fingerprint density at radius 1 is 1.12 bits per heavy atom. The number of amides is 2. The number of hydrogen-bond acceptors (Lipinski definition) is 4. The fraction of sp³-hybridized carbons (Fsp3) is 0.556. The summed E-state index contributed by atoms with van der Waals surface area (Å²) < 4.78 is 0. The predicted octanol–water partition coefficient (Wildman–Crippen LogP) is 2.24. The number of carbonyl (C=O) groups is 2. The number of benzene rings is 1. The molecule has 1 aromatic carbocycles. The average molecular weight is 384 g/mol. The van der Waals surface area contributed by atoms with Gasteiger partial charge in [0.15, 0.2) is 0 Å². The molecule has 2 amide bonds. The van der Waals surface area contributed by atoms with Crippen LogP contribution in [-0.4, -0.2) is 60.1 Å². The highest BCUT2D eigenvalue weighted by atomic mass is 35.5. The van der Waals surface area contributed by atoms with Crippen molar-refractivity contribution < 1.29 is 9.59 Å². The lowest BCUT2D eigenvalue weighted by molar-refractivity contribution is -0.127. The minimum atomic E-state index is 0. The van der Waals surface area contributed by atoms with Crippen molar-refractivity contribution in [2.45, 2.75) is 24.2 Å². The monoisotopic (exact) mass is 383 g/mol. The average Bonchev–Trinajstić information content (AvgIpc) is 3.30. The molecule has 7 heteroatoms. The fourth-order valence-electron chi connectivity index (χ4n) is 3.35. The molecule has 2 saturated heterocycles. The van der Waals surface area contributed by atoms with Gasteiger partial charge in [0.25, 0.3) is 5.91 Å². The summed E-state index contributed by atoms with van der Waals surface area (Å²) in [6.07, 6.45) is 3.18. The van der Waals surface area contributed by atoms with Crippen molar-refractivity contribution in [3.8, 4) is 0 Å². The van der Waals surface area contributed by atoms with Crippen molar-refractivity contribution in [1.29, 1.82) is 0 Å². The molecule has 0 radical (unpaired) electrons. The van der Waals surface area contributed by atoms with Crippen molar-refractivity contribution in [3.63, 3.8) is 0 Å². The third-order valence-electron chi connectivity index (χ3n) is 4.83. The zero-order valence-electron chi connectivity index (χ0n) is 14.4. The Morgan fingerprint density at radius 3 is 2.52 bits per heavy atom. The van der Waals surface area contributed by atoms with Gasteiger partial charge in [0.05, 0.1) is 11.3 Å². The quantitative estimate of drug-likeness (QED) is 0.792. The molecule has 1 aromatic rings. The van der Waals surface area contributed by atoms with Gasteiger partial charge in [-0.2, -0.15) is 0 Å². The second kappa shape index (κ2) is 9.46. The molecule has 0 aliphatic carbocycles. The first-order valence-electron chi connectivity index (χ1n) is 8.68. The molecule has 2 fully saturated rings. The Hall–Kier alpha value is -1.24. The molecule has 3 rings (SSSR count). The Labute approximate surface area is 159 Å². The van der Waals surface area contributed by atoms with E-state index in [2.05, 4.69) is 0 Å². The standard InChI is InChI=1S/C18H25N3O2S.ClH/c19-11-14-7-10-21(12-14)18(23)15-5-1-2-6-16(15)24-13-17(22)20-8-3-4-9-20;/h1-2,5-6,14H,3-4,7-13,19H2;1H. The van der Waals surface area contributed by atoms with Gasteiger partial charge in [-0.15, -0.1) is 24.2 Å². The van der Waals surface area contributed by atoms with Gasteiger partial charge < -0.3 is 15.5 Å². The summed E-state index contributed by atoms with van der Waals surface area (Å²) in [6.45, 7) is 3.88. The third-order valence-corrected chi connectivity index (χ3v) is 5.89. The van der Waals surface area contributed by atoms with Gasteiger partial charge >= 0.3 is 0 Å². The van der Waals surface area contributed by atoms with Gasteiger partial charge in [0.2, 0.25) is 5.91 Å². The summed E-state index contributed by atoms with van der Waals surface area (Å²) in [5.74, 6) is 1.03. The summed E-state index contributed by atoms with van der Waals surface area (Å²) in [5, 5.41) is 0. The Bertz CT molecular complexity index is 608. The van der Waals surface area contributed by atoms with Crippen LogP contribution >= 0.6 is 24.2 Å². The van der Waals surface area contributed by atoms with Crippen molar-refractivity contribution in [2.24, 2.45) is 11.7 Å². The van der Waals surface area contributed by atoms with Crippen LogP contribution < -0.4 is 5.73 Å². The molecule has 25 heavy (non-hydrogen) atoms. The van der Waals surface area contributed by atoms with E-state index in [1.165, 1.54) is 11.8 Å². The zero-order valence-corrected chi connectivity index (χ0v) is 16.0. The van der Waals surface area contributed by atoms with E-state index < -0.39 is 0 Å². The predicted molar refractivity (Wildman–Crippen MR) is 103 cm³/mol. The zero-order chi connectivity index (χ0) is 16.9. The number of rotatable bonds is 5. The van der Waals surface area contributed by atoms with E-state index in [1.54, 1.807) is 0 Å². The van der Waals surface area contributed by atoms with Gasteiger partial charge in [-0.05, 0) is 43.9 Å². The van der Waals surface area contributed by atoms with Crippen molar-refractivity contribution in [1.82, 2.24) is 9.80 Å². The summed E-state index contributed by atoms with van der Waals surface area (Å²) in [4.78, 5) is 29.7. The first kappa shape index (κ1) is 20.1. The maximum Gasteiger partial charge on any atom is 0.254 e. The molecule has 0 saturated carbocycles. The second-order valence-electron chi connectivity index (χ2n) is 6.51. The summed E-state index contributed by atoms with van der Waals surface area (Å²) in [6, 6.07) is 7.61. The second-order valence-corrected chi connectivity index (χ2v) is 7.53. The van der Waals surface area contributed by atoms with Crippen LogP contribution in [0.4, 0.5) is 0 Å². The molecule has 2 N–H and O–H groups in total. The lowest BCUT2D eigenvalue weighted by Gasteiger charge is -2.19. The maximum absolute atomic E-state index is 12.8. The lowest BCUT2D eigenvalue weighted by Crippen LogP contribution is -2.30. The number of carbonyl (C=O) groups excluding carboxylic acids is 2. The highest BCUT2D eigenvalue weighted by molar-refractivity contribution is 8.00. The number of likely N-dealkylation sites (tertiary alicyclic amines) is 2. The summed E-state index contributed by atoms with van der Waals surface area (Å²) >= 11 is 1.47. The molecule has 2 aliphatic heterocycles. The van der Waals surface area contributed by atoms with Gasteiger partial charge in [-0.1, -0.05) is 12.1 Å². The molecule has 2 heterocycles. The summed E-state index contributed by atoms with van der Waals surface area (Å²) in [5.41, 5.74) is 6.42. The highest BCUT2D eigenvalue weighted by Crippen LogP contribution is 2.26. The van der Waals surface area contributed by atoms with E-state index in [9.17, 15) is 9.59 Å². The first-order valence-corrected chi connectivity index (χ1v) is 9.66. The number of nitrogens with zero attached hydrogens (tertiary/aromatic N) is 2. The molecule has 138 valence electrons. The van der Waals surface area contributed by atoms with E-state index in [-0.39, 0.29) is 24.2 Å². The molecule has 0 aromatic heterocycles. The van der Waals surface area contributed by atoms with Gasteiger partial charge in [-0.25, -0.2) is 0 Å². The van der Waals surface area contributed by atoms with Crippen LogP contribution in [-0.2, 0) is 4.79 Å². The van der Waals surface area contributed by atoms with Crippen LogP contribution in [0.3, 0.4) is 0 Å². The Balaban J connectivity index is 0.00000225. The number of thioether (sulfide) groups is 1. The molecule has 1 unspecified atom stereocenters. The van der Waals surface area contributed by atoms with Crippen LogP contribution in [0.1, 0.15) is 29.6 Å². The molecule has 2 aliphatic rings. The van der Waals surface area contributed by atoms with Crippen LogP contribution in [0.25, 0.3) is 0 Å². The number of halogens is 1.